The predicted molar refractivity (Wildman–Crippen MR) is 190 cm³/mol. The van der Waals surface area contributed by atoms with Crippen molar-refractivity contribution in [2.45, 2.75) is 147 Å². The Morgan fingerprint density at radius 2 is 0.961 bits per heavy atom. The van der Waals surface area contributed by atoms with Crippen LogP contribution in [0.5, 0.6) is 11.5 Å². The molecule has 4 bridgehead atoms. The number of rotatable bonds is 14. The van der Waals surface area contributed by atoms with Crippen LogP contribution in [-0.4, -0.2) is 83.3 Å². The minimum absolute atomic E-state index is 0.0935. The van der Waals surface area contributed by atoms with Crippen molar-refractivity contribution >= 4 is 23.9 Å². The van der Waals surface area contributed by atoms with Crippen LogP contribution in [0.15, 0.2) is 48.5 Å². The fourth-order valence-corrected chi connectivity index (χ4v) is 9.57. The molecule has 0 saturated carbocycles. The molecule has 51 heavy (non-hydrogen) atoms. The van der Waals surface area contributed by atoms with E-state index >= 15 is 0 Å². The van der Waals surface area contributed by atoms with Crippen LogP contribution in [-0.2, 0) is 41.7 Å². The second-order valence-electron chi connectivity index (χ2n) is 15.8. The number of piperidine rings is 2. The Morgan fingerprint density at radius 3 is 1.31 bits per heavy atom. The fourth-order valence-electron chi connectivity index (χ4n) is 9.57. The van der Waals surface area contributed by atoms with E-state index in [0.29, 0.717) is 54.9 Å². The van der Waals surface area contributed by atoms with Crippen LogP contribution in [0.2, 0.25) is 0 Å². The molecule has 2 aromatic rings. The van der Waals surface area contributed by atoms with Gasteiger partial charge in [0.15, 0.2) is 0 Å². The molecule has 4 aliphatic rings. The van der Waals surface area contributed by atoms with Gasteiger partial charge in [-0.2, -0.15) is 0 Å². The van der Waals surface area contributed by atoms with Crippen LogP contribution < -0.4 is 9.47 Å². The highest BCUT2D eigenvalue weighted by Crippen LogP contribution is 2.45. The van der Waals surface area contributed by atoms with E-state index in [4.69, 9.17) is 18.9 Å². The van der Waals surface area contributed by atoms with Gasteiger partial charge in [0.2, 0.25) is 0 Å². The van der Waals surface area contributed by atoms with Crippen LogP contribution in [0.1, 0.15) is 108 Å². The number of hydrogen-bond donors (Lipinski definition) is 0. The molecule has 6 rings (SSSR count). The van der Waals surface area contributed by atoms with Crippen LogP contribution in [0.3, 0.4) is 0 Å². The van der Waals surface area contributed by atoms with Gasteiger partial charge in [-0.05, 0) is 30.7 Å². The van der Waals surface area contributed by atoms with E-state index in [-0.39, 0.29) is 48.9 Å². The van der Waals surface area contributed by atoms with Crippen molar-refractivity contribution < 1.29 is 47.1 Å². The van der Waals surface area contributed by atoms with Crippen molar-refractivity contribution in [2.24, 2.45) is 0 Å². The van der Waals surface area contributed by atoms with Gasteiger partial charge in [0.05, 0.1) is 38.3 Å². The molecular weight excluding hydrogens is 648 g/mol. The Bertz CT molecular complexity index is 1450. The Morgan fingerprint density at radius 1 is 0.588 bits per heavy atom. The Labute approximate surface area is 302 Å². The normalized spacial score (nSPS) is 30.7. The maximum Gasteiger partial charge on any atom is 0.310 e. The molecule has 4 heterocycles. The molecule has 0 N–H and O–H groups in total. The van der Waals surface area contributed by atoms with Gasteiger partial charge >= 0.3 is 23.9 Å². The molecule has 2 aromatic carbocycles. The summed E-state index contributed by atoms with van der Waals surface area (Å²) < 4.78 is 24.7. The lowest BCUT2D eigenvalue weighted by atomic mass is 9.95. The standard InChI is InChI=1S/C41H56N2O8/c1-5-38(44)48-34-12-7-10-28(20-34)26-42(3)30-16-17-31(42)23-36(22-30)50-40(46)14-9-15-41(47)51-37-24-32-18-19-33(25-37)43(32,4)27-29-11-8-13-35(21-29)49-39(45)6-2/h7-8,10-13,20-21,30-33,36-37H,5-6,9,14-19,22-27H2,1-4H3/q+2. The number of carbonyl (C=O) groups is 4. The van der Waals surface area contributed by atoms with Crippen molar-refractivity contribution in [3.63, 3.8) is 0 Å². The molecule has 276 valence electrons. The van der Waals surface area contributed by atoms with E-state index < -0.39 is 0 Å². The Balaban J connectivity index is 0.918. The maximum absolute atomic E-state index is 12.9. The summed E-state index contributed by atoms with van der Waals surface area (Å²) >= 11 is 0. The number of ether oxygens (including phenoxy) is 4. The maximum atomic E-state index is 12.9. The molecule has 0 radical (unpaired) electrons. The van der Waals surface area contributed by atoms with Gasteiger partial charge in [0, 0.05) is 88.2 Å². The van der Waals surface area contributed by atoms with Gasteiger partial charge in [-0.15, -0.1) is 0 Å². The Kier molecular flexibility index (Phi) is 11.5. The molecule has 0 aromatic heterocycles. The smallest absolute Gasteiger partial charge is 0.310 e. The molecule has 0 amide bonds. The molecule has 10 heteroatoms. The molecule has 10 nitrogen and oxygen atoms in total. The highest BCUT2D eigenvalue weighted by Gasteiger charge is 2.53. The first-order chi connectivity index (χ1) is 24.5. The molecule has 0 spiro atoms. The summed E-state index contributed by atoms with van der Waals surface area (Å²) in [4.78, 5) is 49.3. The van der Waals surface area contributed by atoms with Crippen LogP contribution in [0, 0.1) is 0 Å². The lowest BCUT2D eigenvalue weighted by Crippen LogP contribution is -2.58. The summed E-state index contributed by atoms with van der Waals surface area (Å²) in [6.45, 7) is 5.28. The average Bonchev–Trinajstić information content (AvgIpc) is 3.33. The number of carbonyl (C=O) groups excluding carboxylic acids is 4. The van der Waals surface area contributed by atoms with Crippen molar-refractivity contribution in [2.75, 3.05) is 14.1 Å². The largest absolute Gasteiger partial charge is 0.462 e. The Hall–Kier alpha value is -3.76. The first-order valence-corrected chi connectivity index (χ1v) is 19.1. The van der Waals surface area contributed by atoms with E-state index in [1.807, 2.05) is 36.4 Å². The lowest BCUT2D eigenvalue weighted by Gasteiger charge is -2.47. The first-order valence-electron chi connectivity index (χ1n) is 19.1. The van der Waals surface area contributed by atoms with E-state index in [0.717, 1.165) is 84.5 Å². The number of hydrogen-bond acceptors (Lipinski definition) is 8. The van der Waals surface area contributed by atoms with Gasteiger partial charge in [-0.3, -0.25) is 19.2 Å². The van der Waals surface area contributed by atoms with Crippen molar-refractivity contribution in [1.82, 2.24) is 0 Å². The highest BCUT2D eigenvalue weighted by atomic mass is 16.6. The predicted octanol–water partition coefficient (Wildman–Crippen LogP) is 6.55. The second kappa shape index (κ2) is 15.9. The van der Waals surface area contributed by atoms with Gasteiger partial charge in [-0.1, -0.05) is 38.1 Å². The summed E-state index contributed by atoms with van der Waals surface area (Å²) in [6, 6.07) is 17.3. The van der Waals surface area contributed by atoms with E-state index in [9.17, 15) is 19.2 Å². The van der Waals surface area contributed by atoms with Gasteiger partial charge in [0.25, 0.3) is 0 Å². The van der Waals surface area contributed by atoms with Crippen molar-refractivity contribution in [3.8, 4) is 11.5 Å². The van der Waals surface area contributed by atoms with E-state index in [2.05, 4.69) is 26.2 Å². The summed E-state index contributed by atoms with van der Waals surface area (Å²) in [5.41, 5.74) is 2.29. The number of fused-ring (bicyclic) bond motifs is 4. The minimum Gasteiger partial charge on any atom is -0.462 e. The van der Waals surface area contributed by atoms with Crippen molar-refractivity contribution in [1.29, 1.82) is 0 Å². The average molecular weight is 705 g/mol. The quantitative estimate of drug-likeness (QED) is 0.124. The molecule has 4 saturated heterocycles. The minimum atomic E-state index is -0.236. The zero-order valence-corrected chi connectivity index (χ0v) is 30.8. The van der Waals surface area contributed by atoms with Crippen LogP contribution >= 0.6 is 0 Å². The summed E-state index contributed by atoms with van der Waals surface area (Å²) in [6.07, 6.45) is 9.13. The molecule has 0 aliphatic carbocycles. The third-order valence-electron chi connectivity index (χ3n) is 12.4. The number of nitrogens with zero attached hydrogens (tertiary/aromatic N) is 2. The molecule has 4 atom stereocenters. The highest BCUT2D eigenvalue weighted by molar-refractivity contribution is 5.73. The van der Waals surface area contributed by atoms with E-state index in [1.54, 1.807) is 13.8 Å². The number of esters is 4. The summed E-state index contributed by atoms with van der Waals surface area (Å²) in [7, 11) is 4.61. The molecule has 4 fully saturated rings. The SMILES string of the molecule is CCC(=O)Oc1cccc(C[N+]2(C)C3CCC2CC(OC(=O)CCCC(=O)OC2CC4CCC(C2)[N+]4(C)Cc2cccc(OC(=O)CC)c2)C3)c1. The van der Waals surface area contributed by atoms with Gasteiger partial charge in [-0.25, -0.2) is 0 Å². The van der Waals surface area contributed by atoms with Crippen LogP contribution in [0.4, 0.5) is 0 Å². The summed E-state index contributed by atoms with van der Waals surface area (Å²) in [5, 5.41) is 0. The number of benzene rings is 2. The fraction of sp³-hybridized carbons (Fsp3) is 0.610. The third-order valence-corrected chi connectivity index (χ3v) is 12.4. The van der Waals surface area contributed by atoms with Crippen LogP contribution in [0.25, 0.3) is 0 Å². The van der Waals surface area contributed by atoms with E-state index in [1.165, 1.54) is 0 Å². The zero-order valence-electron chi connectivity index (χ0n) is 30.8. The number of quaternary nitrogens is 2. The second-order valence-corrected chi connectivity index (χ2v) is 15.8. The zero-order chi connectivity index (χ0) is 36.2. The molecular formula is C41H56N2O8+2. The summed E-state index contributed by atoms with van der Waals surface area (Å²) in [5.74, 6) is 0.245. The molecule has 4 aliphatic heterocycles. The van der Waals surface area contributed by atoms with Gasteiger partial charge in [0.1, 0.15) is 36.8 Å². The van der Waals surface area contributed by atoms with Gasteiger partial charge < -0.3 is 27.9 Å². The lowest BCUT2D eigenvalue weighted by molar-refractivity contribution is -0.961. The van der Waals surface area contributed by atoms with Crippen molar-refractivity contribution in [3.05, 3.63) is 59.7 Å². The first kappa shape index (κ1) is 37.0. The third kappa shape index (κ3) is 8.66. The topological polar surface area (TPSA) is 105 Å². The molecule has 4 unspecified atom stereocenters. The monoisotopic (exact) mass is 704 g/mol.